The lowest BCUT2D eigenvalue weighted by molar-refractivity contribution is 0.275. The number of nitrogens with zero attached hydrogens (tertiary/aromatic N) is 1. The second-order valence-electron chi connectivity index (χ2n) is 5.14. The monoisotopic (exact) mass is 259 g/mol. The van der Waals surface area contributed by atoms with Crippen molar-refractivity contribution >= 4 is 0 Å². The molecule has 0 spiro atoms. The van der Waals surface area contributed by atoms with Gasteiger partial charge in [-0.15, -0.1) is 0 Å². The van der Waals surface area contributed by atoms with Crippen molar-refractivity contribution in [3.05, 3.63) is 35.4 Å². The summed E-state index contributed by atoms with van der Waals surface area (Å²) in [5.74, 6) is 6.87. The smallest absolute Gasteiger partial charge is 0.0540 e. The summed E-state index contributed by atoms with van der Waals surface area (Å²) in [5, 5.41) is 8.77. The molecule has 1 aromatic carbocycles. The lowest BCUT2D eigenvalue weighted by Crippen LogP contribution is -2.24. The van der Waals surface area contributed by atoms with Gasteiger partial charge in [0.05, 0.1) is 6.61 Å². The van der Waals surface area contributed by atoms with Crippen LogP contribution in [-0.2, 0) is 6.54 Å². The molecule has 0 bridgehead atoms. The van der Waals surface area contributed by atoms with Crippen LogP contribution in [0.3, 0.4) is 0 Å². The molecule has 0 aliphatic heterocycles. The summed E-state index contributed by atoms with van der Waals surface area (Å²) in [5.41, 5.74) is 2.34. The van der Waals surface area contributed by atoms with Crippen molar-refractivity contribution < 1.29 is 5.11 Å². The molecule has 1 N–H and O–H groups in total. The van der Waals surface area contributed by atoms with Crippen molar-refractivity contribution in [1.29, 1.82) is 0 Å². The third-order valence-corrected chi connectivity index (χ3v) is 3.24. The molecule has 2 heteroatoms. The highest BCUT2D eigenvalue weighted by molar-refractivity contribution is 5.41. The van der Waals surface area contributed by atoms with Crippen molar-refractivity contribution in [2.24, 2.45) is 5.92 Å². The van der Waals surface area contributed by atoms with E-state index in [4.69, 9.17) is 5.11 Å². The fraction of sp³-hybridized carbons (Fsp3) is 0.529. The minimum atomic E-state index is 0.128. The normalized spacial score (nSPS) is 12.1. The Balaban J connectivity index is 2.70. The first-order valence-electron chi connectivity index (χ1n) is 7.03. The molecule has 0 saturated carbocycles. The summed E-state index contributed by atoms with van der Waals surface area (Å²) >= 11 is 0. The first-order chi connectivity index (χ1) is 9.17. The van der Waals surface area contributed by atoms with Crippen molar-refractivity contribution in [3.8, 4) is 11.8 Å². The van der Waals surface area contributed by atoms with Crippen LogP contribution < -0.4 is 0 Å². The third kappa shape index (κ3) is 5.92. The van der Waals surface area contributed by atoms with E-state index in [1.165, 1.54) is 12.0 Å². The summed E-state index contributed by atoms with van der Waals surface area (Å²) in [6.45, 7) is 6.67. The van der Waals surface area contributed by atoms with Crippen LogP contribution in [0.1, 0.15) is 37.8 Å². The van der Waals surface area contributed by atoms with Gasteiger partial charge in [0.15, 0.2) is 0 Å². The molecule has 1 atom stereocenters. The molecule has 0 saturated heterocycles. The Hall–Kier alpha value is -1.30. The van der Waals surface area contributed by atoms with Gasteiger partial charge in [-0.2, -0.15) is 0 Å². The van der Waals surface area contributed by atoms with E-state index in [9.17, 15) is 0 Å². The highest BCUT2D eigenvalue weighted by atomic mass is 16.2. The predicted molar refractivity (Wildman–Crippen MR) is 80.8 cm³/mol. The van der Waals surface area contributed by atoms with Crippen LogP contribution in [0, 0.1) is 17.8 Å². The SMILES string of the molecule is CCC(C)CN(C)Cc1ccccc1C#CCCO. The fourth-order valence-electron chi connectivity index (χ4n) is 2.01. The van der Waals surface area contributed by atoms with Crippen molar-refractivity contribution in [2.45, 2.75) is 33.2 Å². The number of hydrogen-bond donors (Lipinski definition) is 1. The molecule has 104 valence electrons. The average molecular weight is 259 g/mol. The van der Waals surface area contributed by atoms with Gasteiger partial charge in [-0.25, -0.2) is 0 Å². The molecule has 0 aliphatic carbocycles. The van der Waals surface area contributed by atoms with E-state index in [0.29, 0.717) is 6.42 Å². The van der Waals surface area contributed by atoms with Gasteiger partial charge in [-0.1, -0.05) is 50.3 Å². The molecule has 19 heavy (non-hydrogen) atoms. The van der Waals surface area contributed by atoms with Crippen LogP contribution in [0.2, 0.25) is 0 Å². The van der Waals surface area contributed by atoms with Crippen LogP contribution >= 0.6 is 0 Å². The quantitative estimate of drug-likeness (QED) is 0.794. The summed E-state index contributed by atoms with van der Waals surface area (Å²) in [4.78, 5) is 2.35. The Morgan fingerprint density at radius 3 is 2.74 bits per heavy atom. The van der Waals surface area contributed by atoms with Gasteiger partial charge in [0.1, 0.15) is 0 Å². The molecule has 0 radical (unpaired) electrons. The molecule has 0 fully saturated rings. The second kappa shape index (κ2) is 8.74. The number of rotatable bonds is 6. The van der Waals surface area contributed by atoms with Crippen molar-refractivity contribution in [1.82, 2.24) is 4.90 Å². The van der Waals surface area contributed by atoms with E-state index < -0.39 is 0 Å². The van der Waals surface area contributed by atoms with Crippen LogP contribution in [0.4, 0.5) is 0 Å². The Morgan fingerprint density at radius 2 is 2.05 bits per heavy atom. The maximum absolute atomic E-state index is 8.77. The van der Waals surface area contributed by atoms with Crippen LogP contribution in [-0.4, -0.2) is 30.2 Å². The number of benzene rings is 1. The van der Waals surface area contributed by atoms with Gasteiger partial charge in [-0.05, 0) is 24.6 Å². The highest BCUT2D eigenvalue weighted by Crippen LogP contribution is 2.12. The van der Waals surface area contributed by atoms with Gasteiger partial charge in [0, 0.05) is 25.1 Å². The van der Waals surface area contributed by atoms with Gasteiger partial charge in [-0.3, -0.25) is 0 Å². The van der Waals surface area contributed by atoms with Crippen LogP contribution in [0.15, 0.2) is 24.3 Å². The second-order valence-corrected chi connectivity index (χ2v) is 5.14. The minimum Gasteiger partial charge on any atom is -0.395 e. The first-order valence-corrected chi connectivity index (χ1v) is 7.03. The van der Waals surface area contributed by atoms with E-state index in [1.54, 1.807) is 0 Å². The minimum absolute atomic E-state index is 0.128. The molecule has 0 aromatic heterocycles. The summed E-state index contributed by atoms with van der Waals surface area (Å²) in [7, 11) is 2.16. The van der Waals surface area contributed by atoms with Gasteiger partial charge in [0.25, 0.3) is 0 Å². The first kappa shape index (κ1) is 15.8. The van der Waals surface area contributed by atoms with E-state index in [1.807, 2.05) is 6.07 Å². The molecule has 2 nitrogen and oxygen atoms in total. The van der Waals surface area contributed by atoms with Gasteiger partial charge >= 0.3 is 0 Å². The largest absolute Gasteiger partial charge is 0.395 e. The Bertz CT molecular complexity index is 430. The topological polar surface area (TPSA) is 23.5 Å². The number of aliphatic hydroxyl groups is 1. The fourth-order valence-corrected chi connectivity index (χ4v) is 2.01. The molecule has 1 aromatic rings. The molecule has 0 aliphatic rings. The predicted octanol–water partition coefficient (Wildman–Crippen LogP) is 2.90. The zero-order valence-corrected chi connectivity index (χ0v) is 12.3. The van der Waals surface area contributed by atoms with Crippen LogP contribution in [0.5, 0.6) is 0 Å². The molecular formula is C17H25NO. The summed E-state index contributed by atoms with van der Waals surface area (Å²) in [6.07, 6.45) is 1.75. The van der Waals surface area contributed by atoms with Crippen LogP contribution in [0.25, 0.3) is 0 Å². The maximum atomic E-state index is 8.77. The highest BCUT2D eigenvalue weighted by Gasteiger charge is 2.07. The molecule has 1 rings (SSSR count). The Labute approximate surface area is 117 Å². The lowest BCUT2D eigenvalue weighted by Gasteiger charge is -2.21. The lowest BCUT2D eigenvalue weighted by atomic mass is 10.1. The third-order valence-electron chi connectivity index (χ3n) is 3.24. The Kier molecular flexibility index (Phi) is 7.25. The zero-order chi connectivity index (χ0) is 14.1. The Morgan fingerprint density at radius 1 is 1.32 bits per heavy atom. The van der Waals surface area contributed by atoms with Gasteiger partial charge in [0.2, 0.25) is 0 Å². The molecular weight excluding hydrogens is 234 g/mol. The summed E-state index contributed by atoms with van der Waals surface area (Å²) < 4.78 is 0. The zero-order valence-electron chi connectivity index (χ0n) is 12.3. The average Bonchev–Trinajstić information content (AvgIpc) is 2.40. The van der Waals surface area contributed by atoms with Gasteiger partial charge < -0.3 is 10.0 Å². The van der Waals surface area contributed by atoms with E-state index in [-0.39, 0.29) is 6.61 Å². The maximum Gasteiger partial charge on any atom is 0.0540 e. The number of aliphatic hydroxyl groups excluding tert-OH is 1. The van der Waals surface area contributed by atoms with E-state index in [0.717, 1.165) is 24.6 Å². The molecule has 0 amide bonds. The van der Waals surface area contributed by atoms with E-state index >= 15 is 0 Å². The molecule has 0 heterocycles. The summed E-state index contributed by atoms with van der Waals surface area (Å²) in [6, 6.07) is 8.26. The van der Waals surface area contributed by atoms with Crippen molar-refractivity contribution in [3.63, 3.8) is 0 Å². The van der Waals surface area contributed by atoms with Crippen molar-refractivity contribution in [2.75, 3.05) is 20.2 Å². The number of hydrogen-bond acceptors (Lipinski definition) is 2. The standard InChI is InChI=1S/C17H25NO/c1-4-15(2)13-18(3)14-17-11-6-5-9-16(17)10-7-8-12-19/h5-6,9,11,15,19H,4,8,12-14H2,1-3H3. The molecule has 1 unspecified atom stereocenters. The van der Waals surface area contributed by atoms with E-state index in [2.05, 4.69) is 55.8 Å².